The third kappa shape index (κ3) is 2.97. The number of hydrogen-bond donors (Lipinski definition) is 3. The lowest BCUT2D eigenvalue weighted by Gasteiger charge is -2.21. The molecule has 1 heterocycles. The van der Waals surface area contributed by atoms with Crippen LogP contribution in [-0.4, -0.2) is 28.8 Å². The van der Waals surface area contributed by atoms with Crippen molar-refractivity contribution in [3.63, 3.8) is 0 Å². The summed E-state index contributed by atoms with van der Waals surface area (Å²) in [5.41, 5.74) is 1.16. The molecule has 3 N–H and O–H groups in total. The molecule has 0 aliphatic carbocycles. The Labute approximate surface area is 116 Å². The summed E-state index contributed by atoms with van der Waals surface area (Å²) in [5.74, 6) is -0.220. The summed E-state index contributed by atoms with van der Waals surface area (Å²) in [4.78, 5) is 23.0. The average molecular weight is 275 g/mol. The summed E-state index contributed by atoms with van der Waals surface area (Å²) >= 11 is 0. The van der Waals surface area contributed by atoms with Gasteiger partial charge in [-0.2, -0.15) is 0 Å². The van der Waals surface area contributed by atoms with Gasteiger partial charge in [0.25, 0.3) is 11.5 Å². The zero-order valence-electron chi connectivity index (χ0n) is 11.6. The van der Waals surface area contributed by atoms with Gasteiger partial charge in [0, 0.05) is 18.9 Å². The highest BCUT2D eigenvalue weighted by molar-refractivity contribution is 5.96. The highest BCUT2D eigenvalue weighted by Gasteiger charge is 2.26. The van der Waals surface area contributed by atoms with Gasteiger partial charge in [-0.15, -0.1) is 0 Å². The van der Waals surface area contributed by atoms with Crippen molar-refractivity contribution in [1.82, 2.24) is 10.2 Å². The van der Waals surface area contributed by atoms with Crippen LogP contribution in [0.1, 0.15) is 13.8 Å². The number of carbonyl (C=O) groups is 1. The third-order valence-corrected chi connectivity index (χ3v) is 3.11. The largest absolute Gasteiger partial charge is 0.369 e. The molecule has 0 saturated heterocycles. The first-order chi connectivity index (χ1) is 9.42. The molecule has 2 aromatic rings. The molecule has 106 valence electrons. The number of ether oxygens (including phenoxy) is 1. The molecule has 1 amide bonds. The summed E-state index contributed by atoms with van der Waals surface area (Å²) < 4.78 is 5.11. The van der Waals surface area contributed by atoms with Gasteiger partial charge in [0.05, 0.1) is 5.69 Å². The fraction of sp³-hybridized carbons (Fsp3) is 0.286. The Morgan fingerprint density at radius 1 is 1.20 bits per heavy atom. The van der Waals surface area contributed by atoms with Gasteiger partial charge in [0.15, 0.2) is 0 Å². The number of benzene rings is 1. The minimum atomic E-state index is -0.884. The number of methoxy groups -OCH3 is 1. The molecule has 0 bridgehead atoms. The zero-order chi connectivity index (χ0) is 14.8. The van der Waals surface area contributed by atoms with Crippen LogP contribution in [0.25, 0.3) is 11.3 Å². The van der Waals surface area contributed by atoms with Gasteiger partial charge in [-0.1, -0.05) is 12.1 Å². The van der Waals surface area contributed by atoms with E-state index in [9.17, 15) is 9.59 Å². The molecule has 1 aromatic heterocycles. The van der Waals surface area contributed by atoms with Crippen molar-refractivity contribution < 1.29 is 9.53 Å². The highest BCUT2D eigenvalue weighted by atomic mass is 16.5. The first-order valence-electron chi connectivity index (χ1n) is 6.17. The summed E-state index contributed by atoms with van der Waals surface area (Å²) in [6.07, 6.45) is 0. The maximum atomic E-state index is 11.9. The molecule has 6 nitrogen and oxygen atoms in total. The molecule has 1 aromatic carbocycles. The van der Waals surface area contributed by atoms with Gasteiger partial charge in [0.1, 0.15) is 5.60 Å². The molecule has 0 aliphatic heterocycles. The summed E-state index contributed by atoms with van der Waals surface area (Å²) in [7, 11) is 1.49. The van der Waals surface area contributed by atoms with Crippen LogP contribution in [0, 0.1) is 0 Å². The smallest absolute Gasteiger partial charge is 0.264 e. The van der Waals surface area contributed by atoms with E-state index < -0.39 is 5.60 Å². The predicted molar refractivity (Wildman–Crippen MR) is 76.6 cm³/mol. The second kappa shape index (κ2) is 5.34. The lowest BCUT2D eigenvalue weighted by molar-refractivity contribution is -0.133. The Bertz CT molecular complexity index is 653. The van der Waals surface area contributed by atoms with E-state index in [-0.39, 0.29) is 11.5 Å². The predicted octanol–water partition coefficient (Wildman–Crippen LogP) is 1.73. The molecular formula is C14H17N3O3. The fourth-order valence-electron chi connectivity index (χ4n) is 1.60. The molecule has 2 rings (SSSR count). The van der Waals surface area contributed by atoms with Gasteiger partial charge in [-0.25, -0.2) is 0 Å². The van der Waals surface area contributed by atoms with E-state index in [0.29, 0.717) is 11.4 Å². The van der Waals surface area contributed by atoms with E-state index in [1.54, 1.807) is 26.0 Å². The Morgan fingerprint density at radius 2 is 1.85 bits per heavy atom. The van der Waals surface area contributed by atoms with E-state index in [0.717, 1.165) is 5.56 Å². The standard InChI is InChI=1S/C14H17N3O3/c1-14(2,20-3)13(19)15-10-6-4-9(5-7-10)11-8-12(18)17-16-11/h4-8H,1-3H3,(H,15,19)(H2,16,17,18). The SMILES string of the molecule is COC(C)(C)C(=O)Nc1ccc(-c2cc(=O)[nH][nH]2)cc1. The van der Waals surface area contributed by atoms with E-state index in [1.165, 1.54) is 13.2 Å². The van der Waals surface area contributed by atoms with Crippen molar-refractivity contribution in [2.24, 2.45) is 0 Å². The van der Waals surface area contributed by atoms with Gasteiger partial charge in [0.2, 0.25) is 0 Å². The molecule has 0 radical (unpaired) electrons. The van der Waals surface area contributed by atoms with Gasteiger partial charge in [-0.3, -0.25) is 19.8 Å². The van der Waals surface area contributed by atoms with Crippen molar-refractivity contribution in [1.29, 1.82) is 0 Å². The number of amides is 1. The first kappa shape index (κ1) is 14.1. The molecule has 0 fully saturated rings. The van der Waals surface area contributed by atoms with Crippen molar-refractivity contribution >= 4 is 11.6 Å². The Hall–Kier alpha value is -2.34. The van der Waals surface area contributed by atoms with Gasteiger partial charge in [-0.05, 0) is 31.5 Å². The summed E-state index contributed by atoms with van der Waals surface area (Å²) in [6, 6.07) is 8.64. The van der Waals surface area contributed by atoms with Gasteiger partial charge < -0.3 is 10.1 Å². The van der Waals surface area contributed by atoms with Gasteiger partial charge >= 0.3 is 0 Å². The van der Waals surface area contributed by atoms with Crippen LogP contribution in [0.3, 0.4) is 0 Å². The maximum absolute atomic E-state index is 11.9. The number of H-pyrrole nitrogens is 2. The molecule has 20 heavy (non-hydrogen) atoms. The van der Waals surface area contributed by atoms with Crippen LogP contribution in [0.4, 0.5) is 5.69 Å². The van der Waals surface area contributed by atoms with Crippen LogP contribution < -0.4 is 10.9 Å². The van der Waals surface area contributed by atoms with Crippen molar-refractivity contribution in [2.75, 3.05) is 12.4 Å². The number of hydrogen-bond acceptors (Lipinski definition) is 3. The minimum absolute atomic E-state index is 0.181. The maximum Gasteiger partial charge on any atom is 0.264 e. The second-order valence-corrected chi connectivity index (χ2v) is 4.92. The Morgan fingerprint density at radius 3 is 2.35 bits per heavy atom. The topological polar surface area (TPSA) is 87.0 Å². The van der Waals surface area contributed by atoms with E-state index >= 15 is 0 Å². The molecule has 6 heteroatoms. The van der Waals surface area contributed by atoms with Crippen LogP contribution >= 0.6 is 0 Å². The van der Waals surface area contributed by atoms with E-state index in [4.69, 9.17) is 4.74 Å². The first-order valence-corrected chi connectivity index (χ1v) is 6.17. The Balaban J connectivity index is 2.13. The molecule has 0 atom stereocenters. The third-order valence-electron chi connectivity index (χ3n) is 3.11. The van der Waals surface area contributed by atoms with Crippen molar-refractivity contribution in [2.45, 2.75) is 19.4 Å². The summed E-state index contributed by atoms with van der Waals surface area (Å²) in [6.45, 7) is 3.39. The second-order valence-electron chi connectivity index (χ2n) is 4.92. The highest BCUT2D eigenvalue weighted by Crippen LogP contribution is 2.19. The summed E-state index contributed by atoms with van der Waals surface area (Å²) in [5, 5.41) is 8.02. The van der Waals surface area contributed by atoms with E-state index in [2.05, 4.69) is 15.5 Å². The monoisotopic (exact) mass is 275 g/mol. The van der Waals surface area contributed by atoms with E-state index in [1.807, 2.05) is 12.1 Å². The van der Waals surface area contributed by atoms with Crippen LogP contribution in [0.15, 0.2) is 35.1 Å². The van der Waals surface area contributed by atoms with Crippen LogP contribution in [-0.2, 0) is 9.53 Å². The molecule has 0 spiro atoms. The lowest BCUT2D eigenvalue weighted by atomic mass is 10.1. The molecular weight excluding hydrogens is 258 g/mol. The quantitative estimate of drug-likeness (QED) is 0.794. The minimum Gasteiger partial charge on any atom is -0.369 e. The number of aromatic amines is 2. The normalized spacial score (nSPS) is 11.3. The molecule has 0 aliphatic rings. The van der Waals surface area contributed by atoms with Crippen LogP contribution in [0.5, 0.6) is 0 Å². The number of aromatic nitrogens is 2. The number of anilines is 1. The molecule has 0 unspecified atom stereocenters. The van der Waals surface area contributed by atoms with Crippen molar-refractivity contribution in [3.8, 4) is 11.3 Å². The Kier molecular flexibility index (Phi) is 3.76. The lowest BCUT2D eigenvalue weighted by Crippen LogP contribution is -2.38. The van der Waals surface area contributed by atoms with Crippen molar-refractivity contribution in [3.05, 3.63) is 40.7 Å². The number of rotatable bonds is 4. The number of carbonyl (C=O) groups excluding carboxylic acids is 1. The average Bonchev–Trinajstić information content (AvgIpc) is 2.86. The molecule has 0 saturated carbocycles. The zero-order valence-corrected chi connectivity index (χ0v) is 11.6. The number of nitrogens with one attached hydrogen (secondary N) is 3. The van der Waals surface area contributed by atoms with Crippen LogP contribution in [0.2, 0.25) is 0 Å². The fourth-order valence-corrected chi connectivity index (χ4v) is 1.60.